The molecule has 29 heavy (non-hydrogen) atoms. The third kappa shape index (κ3) is 4.58. The zero-order valence-corrected chi connectivity index (χ0v) is 17.6. The van der Waals surface area contributed by atoms with Crippen LogP contribution >= 0.6 is 12.4 Å². The maximum Gasteiger partial charge on any atom is 0.232 e. The largest absolute Gasteiger partial charge is 0.325 e. The Morgan fingerprint density at radius 1 is 1.03 bits per heavy atom. The SMILES string of the molecule is Cl.O=C(Nc1cc(NC(=O)[C@@]23CCCC[C@H]2CNC3)ccc1F)C1CCCCC1. The van der Waals surface area contributed by atoms with Crippen molar-refractivity contribution in [2.45, 2.75) is 57.8 Å². The second-order valence-corrected chi connectivity index (χ2v) is 8.70. The summed E-state index contributed by atoms with van der Waals surface area (Å²) in [5.41, 5.74) is 0.324. The normalized spacial score (nSPS) is 26.9. The average Bonchev–Trinajstić information content (AvgIpc) is 3.16. The smallest absolute Gasteiger partial charge is 0.232 e. The molecular weight excluding hydrogens is 393 g/mol. The lowest BCUT2D eigenvalue weighted by molar-refractivity contribution is -0.128. The first kappa shape index (κ1) is 22.0. The minimum atomic E-state index is -0.474. The molecule has 4 rings (SSSR count). The molecule has 2 atom stereocenters. The van der Waals surface area contributed by atoms with E-state index in [4.69, 9.17) is 0 Å². The van der Waals surface area contributed by atoms with Gasteiger partial charge in [0.15, 0.2) is 0 Å². The fourth-order valence-electron chi connectivity index (χ4n) is 5.24. The quantitative estimate of drug-likeness (QED) is 0.668. The van der Waals surface area contributed by atoms with Crippen molar-refractivity contribution < 1.29 is 14.0 Å². The van der Waals surface area contributed by atoms with Crippen LogP contribution in [0.15, 0.2) is 18.2 Å². The Bertz CT molecular complexity index is 754. The summed E-state index contributed by atoms with van der Waals surface area (Å²) in [4.78, 5) is 25.6. The van der Waals surface area contributed by atoms with Gasteiger partial charge in [0, 0.05) is 18.2 Å². The predicted octanol–water partition coefficient (Wildman–Crippen LogP) is 4.48. The molecule has 160 valence electrons. The van der Waals surface area contributed by atoms with Gasteiger partial charge in [-0.1, -0.05) is 32.1 Å². The summed E-state index contributed by atoms with van der Waals surface area (Å²) in [5.74, 6) is -0.255. The van der Waals surface area contributed by atoms with Crippen LogP contribution in [0.2, 0.25) is 0 Å². The molecule has 3 N–H and O–H groups in total. The predicted molar refractivity (Wildman–Crippen MR) is 115 cm³/mol. The van der Waals surface area contributed by atoms with Crippen LogP contribution in [-0.4, -0.2) is 24.9 Å². The van der Waals surface area contributed by atoms with E-state index < -0.39 is 5.82 Å². The van der Waals surface area contributed by atoms with E-state index in [9.17, 15) is 14.0 Å². The van der Waals surface area contributed by atoms with Crippen LogP contribution in [0.25, 0.3) is 0 Å². The van der Waals surface area contributed by atoms with E-state index in [0.29, 0.717) is 18.2 Å². The minimum absolute atomic E-state index is 0. The van der Waals surface area contributed by atoms with E-state index in [0.717, 1.165) is 57.9 Å². The first-order valence-electron chi connectivity index (χ1n) is 10.7. The molecule has 2 saturated carbocycles. The van der Waals surface area contributed by atoms with Gasteiger partial charge in [-0.3, -0.25) is 9.59 Å². The molecule has 1 aromatic rings. The third-order valence-corrected chi connectivity index (χ3v) is 6.95. The van der Waals surface area contributed by atoms with Gasteiger partial charge in [0.1, 0.15) is 5.82 Å². The van der Waals surface area contributed by atoms with Crippen molar-refractivity contribution in [1.29, 1.82) is 0 Å². The number of amides is 2. The van der Waals surface area contributed by atoms with Gasteiger partial charge in [-0.05, 0) is 56.3 Å². The Kier molecular flexibility index (Phi) is 7.17. The van der Waals surface area contributed by atoms with Gasteiger partial charge in [0.25, 0.3) is 0 Å². The van der Waals surface area contributed by atoms with E-state index in [1.54, 1.807) is 12.1 Å². The monoisotopic (exact) mass is 423 g/mol. The van der Waals surface area contributed by atoms with E-state index in [2.05, 4.69) is 16.0 Å². The molecule has 2 amide bonds. The Labute approximate surface area is 178 Å². The number of halogens is 2. The van der Waals surface area contributed by atoms with Crippen LogP contribution < -0.4 is 16.0 Å². The number of benzene rings is 1. The number of nitrogens with one attached hydrogen (secondary N) is 3. The molecule has 0 radical (unpaired) electrons. The average molecular weight is 424 g/mol. The number of carbonyl (C=O) groups is 2. The van der Waals surface area contributed by atoms with Crippen molar-refractivity contribution in [2.75, 3.05) is 23.7 Å². The number of fused-ring (bicyclic) bond motifs is 1. The van der Waals surface area contributed by atoms with E-state index in [1.165, 1.54) is 12.5 Å². The molecule has 0 unspecified atom stereocenters. The molecule has 3 aliphatic rings. The van der Waals surface area contributed by atoms with Gasteiger partial charge in [0.05, 0.1) is 11.1 Å². The summed E-state index contributed by atoms with van der Waals surface area (Å²) in [6.07, 6.45) is 9.20. The Balaban J connectivity index is 0.00000240. The van der Waals surface area contributed by atoms with Crippen LogP contribution in [0.3, 0.4) is 0 Å². The third-order valence-electron chi connectivity index (χ3n) is 6.95. The molecule has 1 aliphatic heterocycles. The van der Waals surface area contributed by atoms with Gasteiger partial charge in [0.2, 0.25) is 11.8 Å². The highest BCUT2D eigenvalue weighted by Gasteiger charge is 2.49. The summed E-state index contributed by atoms with van der Waals surface area (Å²) in [6.45, 7) is 1.59. The Morgan fingerprint density at radius 3 is 2.59 bits per heavy atom. The van der Waals surface area contributed by atoms with Gasteiger partial charge in [-0.2, -0.15) is 0 Å². The van der Waals surface area contributed by atoms with Gasteiger partial charge < -0.3 is 16.0 Å². The van der Waals surface area contributed by atoms with Gasteiger partial charge in [-0.25, -0.2) is 4.39 Å². The highest BCUT2D eigenvalue weighted by atomic mass is 35.5. The fourth-order valence-corrected chi connectivity index (χ4v) is 5.24. The van der Waals surface area contributed by atoms with Crippen molar-refractivity contribution >= 4 is 35.6 Å². The second kappa shape index (κ2) is 9.43. The van der Waals surface area contributed by atoms with Crippen molar-refractivity contribution in [1.82, 2.24) is 5.32 Å². The van der Waals surface area contributed by atoms with Crippen LogP contribution in [0.1, 0.15) is 57.8 Å². The van der Waals surface area contributed by atoms with Crippen molar-refractivity contribution in [3.63, 3.8) is 0 Å². The van der Waals surface area contributed by atoms with Crippen molar-refractivity contribution in [3.05, 3.63) is 24.0 Å². The number of carbonyl (C=O) groups excluding carboxylic acids is 2. The maximum atomic E-state index is 14.3. The lowest BCUT2D eigenvalue weighted by Crippen LogP contribution is -2.44. The number of hydrogen-bond donors (Lipinski definition) is 3. The zero-order chi connectivity index (χ0) is 19.6. The molecule has 2 aliphatic carbocycles. The lowest BCUT2D eigenvalue weighted by atomic mass is 9.67. The standard InChI is InChI=1S/C22H30FN3O2.ClH/c23-18-10-9-17(12-19(18)26-20(27)15-6-2-1-3-7-15)25-21(28)22-11-5-4-8-16(22)13-24-14-22;/h9-10,12,15-16,24H,1-8,11,13-14H2,(H,25,28)(H,26,27);1H/t16-,22+;/m0./s1. The molecule has 1 heterocycles. The summed E-state index contributed by atoms with van der Waals surface area (Å²) in [5, 5.41) is 9.11. The first-order valence-corrected chi connectivity index (χ1v) is 10.7. The van der Waals surface area contributed by atoms with E-state index >= 15 is 0 Å². The number of anilines is 2. The van der Waals surface area contributed by atoms with Crippen LogP contribution in [0, 0.1) is 23.1 Å². The summed E-state index contributed by atoms with van der Waals surface area (Å²) >= 11 is 0. The van der Waals surface area contributed by atoms with Crippen LogP contribution in [-0.2, 0) is 9.59 Å². The molecular formula is C22H31ClFN3O2. The molecule has 0 aromatic heterocycles. The zero-order valence-electron chi connectivity index (χ0n) is 16.8. The van der Waals surface area contributed by atoms with Gasteiger partial charge in [-0.15, -0.1) is 12.4 Å². The number of hydrogen-bond acceptors (Lipinski definition) is 3. The first-order chi connectivity index (χ1) is 13.6. The highest BCUT2D eigenvalue weighted by molar-refractivity contribution is 5.98. The van der Waals surface area contributed by atoms with Crippen LogP contribution in [0.5, 0.6) is 0 Å². The van der Waals surface area contributed by atoms with E-state index in [-0.39, 0.29) is 41.2 Å². The molecule has 0 bridgehead atoms. The maximum absolute atomic E-state index is 14.3. The van der Waals surface area contributed by atoms with Crippen molar-refractivity contribution in [3.8, 4) is 0 Å². The summed E-state index contributed by atoms with van der Waals surface area (Å²) < 4.78 is 14.3. The molecule has 1 saturated heterocycles. The lowest BCUT2D eigenvalue weighted by Gasteiger charge is -2.37. The number of rotatable bonds is 4. The molecule has 5 nitrogen and oxygen atoms in total. The molecule has 1 aromatic carbocycles. The minimum Gasteiger partial charge on any atom is -0.325 e. The second-order valence-electron chi connectivity index (χ2n) is 8.70. The van der Waals surface area contributed by atoms with Crippen molar-refractivity contribution in [2.24, 2.45) is 17.3 Å². The highest BCUT2D eigenvalue weighted by Crippen LogP contribution is 2.44. The summed E-state index contributed by atoms with van der Waals surface area (Å²) in [7, 11) is 0. The Morgan fingerprint density at radius 2 is 1.79 bits per heavy atom. The van der Waals surface area contributed by atoms with Crippen LogP contribution in [0.4, 0.5) is 15.8 Å². The molecule has 3 fully saturated rings. The molecule has 7 heteroatoms. The van der Waals surface area contributed by atoms with Gasteiger partial charge >= 0.3 is 0 Å². The topological polar surface area (TPSA) is 70.2 Å². The van der Waals surface area contributed by atoms with E-state index in [1.807, 2.05) is 0 Å². The fraction of sp³-hybridized carbons (Fsp3) is 0.636. The molecule has 0 spiro atoms. The summed E-state index contributed by atoms with van der Waals surface area (Å²) in [6, 6.07) is 4.43. The Hall–Kier alpha value is -1.66.